The molecule has 1 unspecified atom stereocenters. The van der Waals surface area contributed by atoms with Gasteiger partial charge in [-0.1, -0.05) is 18.2 Å². The second-order valence-electron chi connectivity index (χ2n) is 4.25. The molecule has 0 aliphatic carbocycles. The number of hydrogen-bond acceptors (Lipinski definition) is 3. The second kappa shape index (κ2) is 6.09. The van der Waals surface area contributed by atoms with Crippen molar-refractivity contribution in [2.24, 2.45) is 0 Å². The lowest BCUT2D eigenvalue weighted by Gasteiger charge is -2.12. The minimum atomic E-state index is -0.815. The van der Waals surface area contributed by atoms with Crippen molar-refractivity contribution in [1.82, 2.24) is 5.32 Å². The smallest absolute Gasteiger partial charge is 0.129 e. The minimum absolute atomic E-state index is 0.340. The van der Waals surface area contributed by atoms with Crippen LogP contribution in [0, 0.1) is 12.7 Å². The largest absolute Gasteiger partial charge is 0.387 e. The standard InChI is InChI=1S/C14H16FNOS/c1-10-8-18-9-11(10)6-16-7-14(17)12-4-2-3-5-13(12)15/h2-5,8-9,14,16-17H,6-7H2,1H3. The number of nitrogens with one attached hydrogen (secondary N) is 1. The lowest BCUT2D eigenvalue weighted by molar-refractivity contribution is 0.169. The Kier molecular flexibility index (Phi) is 4.47. The highest BCUT2D eigenvalue weighted by Crippen LogP contribution is 2.17. The Bertz CT molecular complexity index is 512. The predicted molar refractivity (Wildman–Crippen MR) is 72.1 cm³/mol. The van der Waals surface area contributed by atoms with Gasteiger partial charge in [0.25, 0.3) is 0 Å². The fourth-order valence-corrected chi connectivity index (χ4v) is 2.62. The van der Waals surface area contributed by atoms with E-state index in [1.54, 1.807) is 29.5 Å². The first-order chi connectivity index (χ1) is 8.68. The van der Waals surface area contributed by atoms with Gasteiger partial charge in [-0.3, -0.25) is 0 Å². The maximum absolute atomic E-state index is 13.4. The molecule has 96 valence electrons. The third-order valence-corrected chi connectivity index (χ3v) is 3.79. The lowest BCUT2D eigenvalue weighted by Crippen LogP contribution is -2.21. The summed E-state index contributed by atoms with van der Waals surface area (Å²) in [5, 5.41) is 17.2. The van der Waals surface area contributed by atoms with Crippen LogP contribution in [0.25, 0.3) is 0 Å². The summed E-state index contributed by atoms with van der Waals surface area (Å²) in [4.78, 5) is 0. The number of hydrogen-bond donors (Lipinski definition) is 2. The monoisotopic (exact) mass is 265 g/mol. The molecule has 2 aromatic rings. The molecule has 1 atom stereocenters. The highest BCUT2D eigenvalue weighted by molar-refractivity contribution is 7.08. The summed E-state index contributed by atoms with van der Waals surface area (Å²) in [5.74, 6) is -0.362. The van der Waals surface area contributed by atoms with Crippen LogP contribution in [0.15, 0.2) is 35.0 Å². The van der Waals surface area contributed by atoms with E-state index in [1.165, 1.54) is 17.2 Å². The number of aliphatic hydroxyl groups excluding tert-OH is 1. The third-order valence-electron chi connectivity index (χ3n) is 2.88. The SMILES string of the molecule is Cc1cscc1CNCC(O)c1ccccc1F. The summed E-state index contributed by atoms with van der Waals surface area (Å²) in [6.07, 6.45) is -0.815. The topological polar surface area (TPSA) is 32.3 Å². The van der Waals surface area contributed by atoms with Gasteiger partial charge in [0, 0.05) is 18.7 Å². The van der Waals surface area contributed by atoms with Crippen LogP contribution < -0.4 is 5.32 Å². The molecule has 0 amide bonds. The molecule has 0 saturated heterocycles. The van der Waals surface area contributed by atoms with Crippen molar-refractivity contribution in [3.05, 3.63) is 57.5 Å². The molecule has 0 bridgehead atoms. The Morgan fingerprint density at radius 1 is 1.33 bits per heavy atom. The average molecular weight is 265 g/mol. The van der Waals surface area contributed by atoms with Gasteiger partial charge in [0.2, 0.25) is 0 Å². The van der Waals surface area contributed by atoms with Gasteiger partial charge in [-0.05, 0) is 34.9 Å². The highest BCUT2D eigenvalue weighted by atomic mass is 32.1. The molecule has 2 nitrogen and oxygen atoms in total. The molecule has 0 radical (unpaired) electrons. The maximum atomic E-state index is 13.4. The summed E-state index contributed by atoms with van der Waals surface area (Å²) in [6.45, 7) is 3.10. The number of aliphatic hydroxyl groups is 1. The first kappa shape index (κ1) is 13.2. The van der Waals surface area contributed by atoms with Crippen LogP contribution in [-0.2, 0) is 6.54 Å². The van der Waals surface area contributed by atoms with E-state index in [2.05, 4.69) is 23.0 Å². The fourth-order valence-electron chi connectivity index (χ4n) is 1.77. The first-order valence-electron chi connectivity index (χ1n) is 5.83. The minimum Gasteiger partial charge on any atom is -0.387 e. The third kappa shape index (κ3) is 3.16. The molecule has 1 aromatic heterocycles. The summed E-state index contributed by atoms with van der Waals surface area (Å²) >= 11 is 1.66. The summed E-state index contributed by atoms with van der Waals surface area (Å²) in [6, 6.07) is 6.32. The van der Waals surface area contributed by atoms with Crippen LogP contribution in [0.1, 0.15) is 22.8 Å². The van der Waals surface area contributed by atoms with Crippen LogP contribution in [0.4, 0.5) is 4.39 Å². The van der Waals surface area contributed by atoms with Crippen molar-refractivity contribution in [1.29, 1.82) is 0 Å². The van der Waals surface area contributed by atoms with Gasteiger partial charge in [0.1, 0.15) is 5.82 Å². The number of thiophene rings is 1. The quantitative estimate of drug-likeness (QED) is 0.871. The number of halogens is 1. The summed E-state index contributed by atoms with van der Waals surface area (Å²) in [5.41, 5.74) is 2.81. The molecule has 1 aromatic carbocycles. The van der Waals surface area contributed by atoms with E-state index >= 15 is 0 Å². The van der Waals surface area contributed by atoms with Crippen LogP contribution in [0.2, 0.25) is 0 Å². The van der Waals surface area contributed by atoms with E-state index in [4.69, 9.17) is 0 Å². The Morgan fingerprint density at radius 3 is 2.78 bits per heavy atom. The Balaban J connectivity index is 1.87. The van der Waals surface area contributed by atoms with Gasteiger partial charge in [0.05, 0.1) is 6.10 Å². The van der Waals surface area contributed by atoms with Gasteiger partial charge in [-0.2, -0.15) is 11.3 Å². The molecular formula is C14H16FNOS. The molecular weight excluding hydrogens is 249 g/mol. The van der Waals surface area contributed by atoms with Crippen molar-refractivity contribution in [2.45, 2.75) is 19.6 Å². The van der Waals surface area contributed by atoms with Gasteiger partial charge in [-0.25, -0.2) is 4.39 Å². The molecule has 2 N–H and O–H groups in total. The van der Waals surface area contributed by atoms with Crippen LogP contribution >= 0.6 is 11.3 Å². The Morgan fingerprint density at radius 2 is 2.11 bits per heavy atom. The fraction of sp³-hybridized carbons (Fsp3) is 0.286. The lowest BCUT2D eigenvalue weighted by atomic mass is 10.1. The van der Waals surface area contributed by atoms with Crippen molar-refractivity contribution in [3.63, 3.8) is 0 Å². The molecule has 4 heteroatoms. The zero-order chi connectivity index (χ0) is 13.0. The molecule has 2 rings (SSSR count). The van der Waals surface area contributed by atoms with E-state index in [9.17, 15) is 9.50 Å². The number of aryl methyl sites for hydroxylation is 1. The molecule has 0 fully saturated rings. The molecule has 0 saturated carbocycles. The van der Waals surface area contributed by atoms with E-state index in [0.29, 0.717) is 18.7 Å². The first-order valence-corrected chi connectivity index (χ1v) is 6.77. The Hall–Kier alpha value is -1.23. The summed E-state index contributed by atoms with van der Waals surface area (Å²) < 4.78 is 13.4. The zero-order valence-electron chi connectivity index (χ0n) is 10.2. The molecule has 0 aliphatic heterocycles. The van der Waals surface area contributed by atoms with E-state index in [0.717, 1.165) is 0 Å². The van der Waals surface area contributed by atoms with Gasteiger partial charge in [0.15, 0.2) is 0 Å². The second-order valence-corrected chi connectivity index (χ2v) is 4.99. The molecule has 18 heavy (non-hydrogen) atoms. The molecule has 0 aliphatic rings. The van der Waals surface area contributed by atoms with Gasteiger partial charge >= 0.3 is 0 Å². The van der Waals surface area contributed by atoms with Crippen LogP contribution in [-0.4, -0.2) is 11.7 Å². The predicted octanol–water partition coefficient (Wildman–Crippen LogP) is 3.02. The van der Waals surface area contributed by atoms with Crippen LogP contribution in [0.5, 0.6) is 0 Å². The Labute approximate surface area is 110 Å². The van der Waals surface area contributed by atoms with Gasteiger partial charge in [-0.15, -0.1) is 0 Å². The van der Waals surface area contributed by atoms with Crippen molar-refractivity contribution in [3.8, 4) is 0 Å². The molecule has 1 heterocycles. The zero-order valence-corrected chi connectivity index (χ0v) is 11.0. The van der Waals surface area contributed by atoms with Crippen molar-refractivity contribution >= 4 is 11.3 Å². The maximum Gasteiger partial charge on any atom is 0.129 e. The molecule has 0 spiro atoms. The van der Waals surface area contributed by atoms with Crippen molar-refractivity contribution in [2.75, 3.05) is 6.54 Å². The van der Waals surface area contributed by atoms with E-state index in [-0.39, 0.29) is 5.82 Å². The number of benzene rings is 1. The van der Waals surface area contributed by atoms with E-state index in [1.807, 2.05) is 0 Å². The van der Waals surface area contributed by atoms with E-state index < -0.39 is 6.10 Å². The normalized spacial score (nSPS) is 12.6. The van der Waals surface area contributed by atoms with Gasteiger partial charge < -0.3 is 10.4 Å². The average Bonchev–Trinajstić information content (AvgIpc) is 2.75. The highest BCUT2D eigenvalue weighted by Gasteiger charge is 2.11. The summed E-state index contributed by atoms with van der Waals surface area (Å²) in [7, 11) is 0. The number of rotatable bonds is 5. The van der Waals surface area contributed by atoms with Crippen LogP contribution in [0.3, 0.4) is 0 Å². The van der Waals surface area contributed by atoms with Crippen molar-refractivity contribution < 1.29 is 9.50 Å².